The van der Waals surface area contributed by atoms with Gasteiger partial charge in [0.15, 0.2) is 5.69 Å². The first-order chi connectivity index (χ1) is 8.17. The monoisotopic (exact) mass is 234 g/mol. The van der Waals surface area contributed by atoms with Crippen molar-refractivity contribution < 1.29 is 19.4 Å². The average molecular weight is 234 g/mol. The smallest absolute Gasteiger partial charge is 0.356 e. The van der Waals surface area contributed by atoms with Gasteiger partial charge in [-0.1, -0.05) is 0 Å². The van der Waals surface area contributed by atoms with Gasteiger partial charge in [-0.2, -0.15) is 0 Å². The number of pyridine rings is 1. The zero-order valence-electron chi connectivity index (χ0n) is 9.08. The van der Waals surface area contributed by atoms with E-state index in [0.717, 1.165) is 0 Å². The van der Waals surface area contributed by atoms with E-state index in [4.69, 9.17) is 9.84 Å². The molecule has 2 rings (SSSR count). The molecule has 88 valence electrons. The molecule has 0 amide bonds. The van der Waals surface area contributed by atoms with Crippen molar-refractivity contribution in [2.45, 2.75) is 6.42 Å². The van der Waals surface area contributed by atoms with E-state index in [1.54, 1.807) is 22.7 Å². The highest BCUT2D eigenvalue weighted by Crippen LogP contribution is 2.19. The van der Waals surface area contributed by atoms with Gasteiger partial charge in [0, 0.05) is 12.3 Å². The number of aldehydes is 1. The quantitative estimate of drug-likeness (QED) is 0.791. The van der Waals surface area contributed by atoms with E-state index < -0.39 is 5.97 Å². The zero-order chi connectivity index (χ0) is 12.4. The minimum atomic E-state index is -1.13. The molecule has 1 N–H and O–H groups in total. The van der Waals surface area contributed by atoms with Gasteiger partial charge >= 0.3 is 5.97 Å². The molecule has 2 heterocycles. The maximum absolute atomic E-state index is 11.0. The summed E-state index contributed by atoms with van der Waals surface area (Å²) in [7, 11) is 1.50. The number of carbonyl (C=O) groups excluding carboxylic acids is 1. The van der Waals surface area contributed by atoms with Crippen LogP contribution in [0.15, 0.2) is 18.3 Å². The predicted octanol–water partition coefficient (Wildman–Crippen LogP) is 0.782. The van der Waals surface area contributed by atoms with Crippen LogP contribution in [0.3, 0.4) is 0 Å². The Bertz CT molecular complexity index is 588. The predicted molar refractivity (Wildman–Crippen MR) is 58.5 cm³/mol. The summed E-state index contributed by atoms with van der Waals surface area (Å²) in [6, 6.07) is 3.25. The highest BCUT2D eigenvalue weighted by atomic mass is 16.5. The first-order valence-corrected chi connectivity index (χ1v) is 4.89. The van der Waals surface area contributed by atoms with E-state index in [0.29, 0.717) is 23.4 Å². The summed E-state index contributed by atoms with van der Waals surface area (Å²) in [6.45, 7) is 0. The molecular formula is C11H10N2O4. The maximum Gasteiger partial charge on any atom is 0.356 e. The average Bonchev–Trinajstić information content (AvgIpc) is 2.68. The summed E-state index contributed by atoms with van der Waals surface area (Å²) in [5.74, 6) is -0.194. The lowest BCUT2D eigenvalue weighted by molar-refractivity contribution is -0.107. The number of hydrogen-bond donors (Lipinski definition) is 1. The van der Waals surface area contributed by atoms with Crippen LogP contribution >= 0.6 is 0 Å². The van der Waals surface area contributed by atoms with Crippen molar-refractivity contribution in [3.63, 3.8) is 0 Å². The number of nitrogens with zero attached hydrogens (tertiary/aromatic N) is 2. The van der Waals surface area contributed by atoms with Crippen molar-refractivity contribution >= 4 is 17.8 Å². The van der Waals surface area contributed by atoms with Crippen LogP contribution in [0.4, 0.5) is 0 Å². The van der Waals surface area contributed by atoms with Crippen molar-refractivity contribution in [1.29, 1.82) is 0 Å². The van der Waals surface area contributed by atoms with Gasteiger partial charge in [-0.3, -0.25) is 0 Å². The molecule has 0 saturated heterocycles. The van der Waals surface area contributed by atoms with Gasteiger partial charge in [0.1, 0.15) is 17.9 Å². The minimum absolute atomic E-state index is 0.0702. The van der Waals surface area contributed by atoms with E-state index in [-0.39, 0.29) is 12.1 Å². The molecule has 6 nitrogen and oxygen atoms in total. The van der Waals surface area contributed by atoms with Crippen LogP contribution in [0.1, 0.15) is 16.3 Å². The minimum Gasteiger partial charge on any atom is -0.497 e. The fraction of sp³-hybridized carbons (Fsp3) is 0.182. The van der Waals surface area contributed by atoms with Crippen molar-refractivity contribution in [1.82, 2.24) is 9.38 Å². The molecule has 0 aliphatic carbocycles. The number of rotatable bonds is 4. The van der Waals surface area contributed by atoms with Gasteiger partial charge in [-0.25, -0.2) is 9.78 Å². The van der Waals surface area contributed by atoms with Gasteiger partial charge in [0.05, 0.1) is 19.0 Å². The van der Waals surface area contributed by atoms with Crippen LogP contribution in [0.2, 0.25) is 0 Å². The second-order valence-corrected chi connectivity index (χ2v) is 3.37. The molecule has 0 aliphatic rings. The molecule has 0 fully saturated rings. The summed E-state index contributed by atoms with van der Waals surface area (Å²) in [4.78, 5) is 25.5. The molecule has 0 atom stereocenters. The molecule has 17 heavy (non-hydrogen) atoms. The Morgan fingerprint density at radius 1 is 1.65 bits per heavy atom. The molecule has 0 unspecified atom stereocenters. The Morgan fingerprint density at radius 3 is 3.00 bits per heavy atom. The van der Waals surface area contributed by atoms with Gasteiger partial charge in [0.25, 0.3) is 0 Å². The lowest BCUT2D eigenvalue weighted by Crippen LogP contribution is -1.97. The van der Waals surface area contributed by atoms with Crippen LogP contribution in [0, 0.1) is 0 Å². The number of aromatic nitrogens is 2. The zero-order valence-corrected chi connectivity index (χ0v) is 9.08. The van der Waals surface area contributed by atoms with Crippen LogP contribution in [0.25, 0.3) is 5.52 Å². The Hall–Kier alpha value is -2.37. The topological polar surface area (TPSA) is 80.9 Å². The Balaban J connectivity index is 2.71. The van der Waals surface area contributed by atoms with Crippen molar-refractivity contribution in [2.75, 3.05) is 7.11 Å². The fourth-order valence-corrected chi connectivity index (χ4v) is 1.63. The number of imidazole rings is 1. The SMILES string of the molecule is COc1ccn2c(CC=O)nc(C(=O)O)c2c1. The molecule has 0 saturated carbocycles. The third-order valence-electron chi connectivity index (χ3n) is 2.39. The molecule has 0 bridgehead atoms. The third-order valence-corrected chi connectivity index (χ3v) is 2.39. The Kier molecular flexibility index (Phi) is 2.78. The van der Waals surface area contributed by atoms with E-state index in [1.807, 2.05) is 0 Å². The van der Waals surface area contributed by atoms with Crippen molar-refractivity contribution in [3.8, 4) is 5.75 Å². The molecule has 0 aromatic carbocycles. The number of carbonyl (C=O) groups is 2. The Morgan fingerprint density at radius 2 is 2.41 bits per heavy atom. The maximum atomic E-state index is 11.0. The molecule has 2 aromatic heterocycles. The summed E-state index contributed by atoms with van der Waals surface area (Å²) in [6.07, 6.45) is 2.39. The van der Waals surface area contributed by atoms with Gasteiger partial charge in [-0.15, -0.1) is 0 Å². The van der Waals surface area contributed by atoms with Crippen molar-refractivity contribution in [2.24, 2.45) is 0 Å². The molecule has 0 spiro atoms. The second-order valence-electron chi connectivity index (χ2n) is 3.37. The molecular weight excluding hydrogens is 224 g/mol. The van der Waals surface area contributed by atoms with E-state index in [2.05, 4.69) is 4.98 Å². The van der Waals surface area contributed by atoms with Gasteiger partial charge in [-0.05, 0) is 6.07 Å². The standard InChI is InChI=1S/C11H10N2O4/c1-17-7-2-4-13-8(6-7)10(11(15)16)12-9(13)3-5-14/h2,4-6H,3H2,1H3,(H,15,16). The highest BCUT2D eigenvalue weighted by molar-refractivity contribution is 5.94. The Labute approximate surface area is 96.5 Å². The normalized spacial score (nSPS) is 10.4. The fourth-order valence-electron chi connectivity index (χ4n) is 1.63. The number of methoxy groups -OCH3 is 1. The molecule has 0 radical (unpaired) electrons. The summed E-state index contributed by atoms with van der Waals surface area (Å²) >= 11 is 0. The second kappa shape index (κ2) is 4.25. The highest BCUT2D eigenvalue weighted by Gasteiger charge is 2.16. The number of ether oxygens (including phenoxy) is 1. The van der Waals surface area contributed by atoms with Crippen LogP contribution in [0.5, 0.6) is 5.75 Å². The van der Waals surface area contributed by atoms with E-state index in [9.17, 15) is 9.59 Å². The number of aromatic carboxylic acids is 1. The number of fused-ring (bicyclic) bond motifs is 1. The molecule has 6 heteroatoms. The van der Waals surface area contributed by atoms with Crippen LogP contribution < -0.4 is 4.74 Å². The number of hydrogen-bond acceptors (Lipinski definition) is 4. The van der Waals surface area contributed by atoms with Crippen molar-refractivity contribution in [3.05, 3.63) is 29.8 Å². The molecule has 2 aromatic rings. The first-order valence-electron chi connectivity index (χ1n) is 4.89. The lowest BCUT2D eigenvalue weighted by Gasteiger charge is -2.01. The summed E-state index contributed by atoms with van der Waals surface area (Å²) in [5.41, 5.74) is 0.328. The van der Waals surface area contributed by atoms with Gasteiger partial charge in [0.2, 0.25) is 0 Å². The van der Waals surface area contributed by atoms with Crippen LogP contribution in [-0.2, 0) is 11.2 Å². The third kappa shape index (κ3) is 1.84. The largest absolute Gasteiger partial charge is 0.497 e. The number of carboxylic acids is 1. The first kappa shape index (κ1) is 11.1. The van der Waals surface area contributed by atoms with Crippen LogP contribution in [-0.4, -0.2) is 33.9 Å². The summed E-state index contributed by atoms with van der Waals surface area (Å²) in [5, 5.41) is 9.02. The summed E-state index contributed by atoms with van der Waals surface area (Å²) < 4.78 is 6.59. The molecule has 0 aliphatic heterocycles. The number of carboxylic acid groups (broad SMARTS) is 1. The van der Waals surface area contributed by atoms with E-state index >= 15 is 0 Å². The van der Waals surface area contributed by atoms with Gasteiger partial charge < -0.3 is 19.0 Å². The van der Waals surface area contributed by atoms with E-state index in [1.165, 1.54) is 7.11 Å². The lowest BCUT2D eigenvalue weighted by atomic mass is 10.3.